The number of amides is 2. The van der Waals surface area contributed by atoms with Gasteiger partial charge in [-0.05, 0) is 74.4 Å². The van der Waals surface area contributed by atoms with Gasteiger partial charge in [0.25, 0.3) is 5.91 Å². The Hall–Kier alpha value is -3.35. The summed E-state index contributed by atoms with van der Waals surface area (Å²) in [5.41, 5.74) is 0.157. The molecule has 2 amide bonds. The van der Waals surface area contributed by atoms with Crippen LogP contribution in [-0.2, 0) is 35.6 Å². The van der Waals surface area contributed by atoms with Gasteiger partial charge in [0, 0.05) is 37.6 Å². The van der Waals surface area contributed by atoms with E-state index in [4.69, 9.17) is 25.8 Å². The predicted molar refractivity (Wildman–Crippen MR) is 169 cm³/mol. The summed E-state index contributed by atoms with van der Waals surface area (Å²) in [5, 5.41) is 5.98. The molecule has 45 heavy (non-hydrogen) atoms. The van der Waals surface area contributed by atoms with Crippen molar-refractivity contribution in [2.75, 3.05) is 46.5 Å². The van der Waals surface area contributed by atoms with Crippen molar-refractivity contribution in [3.05, 3.63) is 52.5 Å². The summed E-state index contributed by atoms with van der Waals surface area (Å²) in [6.45, 7) is 3.32. The van der Waals surface area contributed by atoms with Crippen molar-refractivity contribution < 1.29 is 37.0 Å². The number of esters is 1. The highest BCUT2D eigenvalue weighted by Gasteiger charge is 2.45. The van der Waals surface area contributed by atoms with E-state index in [-0.39, 0.29) is 69.5 Å². The number of nitrogens with zero attached hydrogens (tertiary/aromatic N) is 1. The maximum atomic E-state index is 13.7. The quantitative estimate of drug-likeness (QED) is 0.428. The van der Waals surface area contributed by atoms with Gasteiger partial charge < -0.3 is 24.8 Å². The molecule has 2 aliphatic rings. The van der Waals surface area contributed by atoms with Gasteiger partial charge in [-0.2, -0.15) is 4.31 Å². The lowest BCUT2D eigenvalue weighted by Gasteiger charge is -2.32. The molecule has 2 bridgehead atoms. The first-order valence-corrected chi connectivity index (χ1v) is 17.1. The Morgan fingerprint density at radius 2 is 1.91 bits per heavy atom. The average Bonchev–Trinajstić information content (AvgIpc) is 3.83. The first-order valence-electron chi connectivity index (χ1n) is 15.2. The molecule has 0 spiro atoms. The monoisotopic (exact) mass is 663 g/mol. The third-order valence-corrected chi connectivity index (χ3v) is 10.6. The fourth-order valence-electron chi connectivity index (χ4n) is 5.57. The van der Waals surface area contributed by atoms with Crippen LogP contribution in [0.5, 0.6) is 11.5 Å². The number of carbonyl (C=O) groups is 3. The van der Waals surface area contributed by atoms with E-state index in [1.165, 1.54) is 17.5 Å². The Bertz CT molecular complexity index is 1500. The predicted octanol–water partition coefficient (Wildman–Crippen LogP) is 3.65. The fourth-order valence-corrected chi connectivity index (χ4v) is 7.53. The number of hydrogen-bond donors (Lipinski definition) is 2. The summed E-state index contributed by atoms with van der Waals surface area (Å²) in [6.07, 6.45) is 3.07. The Kier molecular flexibility index (Phi) is 11.7. The van der Waals surface area contributed by atoms with E-state index >= 15 is 0 Å². The van der Waals surface area contributed by atoms with Crippen molar-refractivity contribution >= 4 is 39.4 Å². The molecule has 4 rings (SSSR count). The highest BCUT2D eigenvalue weighted by atomic mass is 35.5. The zero-order valence-electron chi connectivity index (χ0n) is 26.0. The first-order chi connectivity index (χ1) is 21.5. The molecule has 2 aromatic carbocycles. The number of fused-ring (bicyclic) bond motifs is 2. The minimum absolute atomic E-state index is 0.0215. The van der Waals surface area contributed by atoms with Gasteiger partial charge in [-0.1, -0.05) is 36.6 Å². The molecular formula is C32H42ClN3O8S. The van der Waals surface area contributed by atoms with Gasteiger partial charge in [-0.15, -0.1) is 0 Å². The van der Waals surface area contributed by atoms with Gasteiger partial charge in [0.15, 0.2) is 18.1 Å². The number of carbonyl (C=O) groups excluding carboxylic acids is 3. The Labute approximate surface area is 270 Å². The van der Waals surface area contributed by atoms with Crippen molar-refractivity contribution in [2.45, 2.75) is 57.3 Å². The second-order valence-corrected chi connectivity index (χ2v) is 13.9. The summed E-state index contributed by atoms with van der Waals surface area (Å²) < 4.78 is 45.5. The molecule has 1 aliphatic carbocycles. The normalized spacial score (nSPS) is 21.0. The zero-order valence-corrected chi connectivity index (χ0v) is 27.6. The first kappa shape index (κ1) is 34.5. The highest BCUT2D eigenvalue weighted by molar-refractivity contribution is 7.89. The van der Waals surface area contributed by atoms with Crippen LogP contribution < -0.4 is 20.1 Å². The van der Waals surface area contributed by atoms with Gasteiger partial charge in [0.05, 0.1) is 24.0 Å². The van der Waals surface area contributed by atoms with Crippen LogP contribution >= 0.6 is 11.6 Å². The van der Waals surface area contributed by atoms with Gasteiger partial charge in [-0.3, -0.25) is 14.4 Å². The van der Waals surface area contributed by atoms with Crippen LogP contribution in [0.25, 0.3) is 0 Å². The molecule has 1 aliphatic heterocycles. The molecule has 13 heteroatoms. The van der Waals surface area contributed by atoms with Crippen LogP contribution in [0.2, 0.25) is 5.02 Å². The molecule has 246 valence electrons. The second kappa shape index (κ2) is 15.3. The van der Waals surface area contributed by atoms with Gasteiger partial charge in [0.2, 0.25) is 15.9 Å². The molecule has 11 nitrogen and oxygen atoms in total. The molecule has 1 atom stereocenters. The number of nitrogens with one attached hydrogen (secondary N) is 2. The van der Waals surface area contributed by atoms with E-state index in [0.717, 1.165) is 18.4 Å². The third kappa shape index (κ3) is 8.89. The van der Waals surface area contributed by atoms with Crippen molar-refractivity contribution in [3.8, 4) is 11.5 Å². The highest BCUT2D eigenvalue weighted by Crippen LogP contribution is 2.43. The lowest BCUT2D eigenvalue weighted by Crippen LogP contribution is -2.46. The lowest BCUT2D eigenvalue weighted by atomic mass is 9.76. The molecule has 1 saturated carbocycles. The van der Waals surface area contributed by atoms with E-state index in [1.807, 2.05) is 6.07 Å². The van der Waals surface area contributed by atoms with Crippen LogP contribution in [0.3, 0.4) is 0 Å². The van der Waals surface area contributed by atoms with E-state index in [0.29, 0.717) is 34.4 Å². The summed E-state index contributed by atoms with van der Waals surface area (Å²) in [6, 6.07) is 9.95. The zero-order chi connectivity index (χ0) is 32.6. The maximum absolute atomic E-state index is 13.7. The molecule has 0 saturated heterocycles. The molecule has 2 N–H and O–H groups in total. The molecule has 0 aromatic heterocycles. The van der Waals surface area contributed by atoms with Crippen LogP contribution in [-0.4, -0.2) is 77.0 Å². The van der Waals surface area contributed by atoms with Crippen molar-refractivity contribution in [1.29, 1.82) is 0 Å². The second-order valence-electron chi connectivity index (χ2n) is 11.6. The lowest BCUT2D eigenvalue weighted by molar-refractivity contribution is -0.156. The van der Waals surface area contributed by atoms with Crippen molar-refractivity contribution in [2.24, 2.45) is 11.3 Å². The SMILES string of the molecule is CCOC(=O)C1(CC2CC2)CNC(=O)CCCN(S(=O)(=O)c2cccc(Cl)c2C)CCNC(=O)COc2cc(ccc2OC)C1. The van der Waals surface area contributed by atoms with Crippen LogP contribution in [0, 0.1) is 18.3 Å². The fraction of sp³-hybridized carbons (Fsp3) is 0.531. The molecular weight excluding hydrogens is 622 g/mol. The number of benzene rings is 2. The van der Waals surface area contributed by atoms with Crippen LogP contribution in [0.1, 0.15) is 50.2 Å². The smallest absolute Gasteiger partial charge is 0.314 e. The molecule has 1 unspecified atom stereocenters. The summed E-state index contributed by atoms with van der Waals surface area (Å²) in [7, 11) is -2.52. The van der Waals surface area contributed by atoms with Gasteiger partial charge >= 0.3 is 5.97 Å². The number of ether oxygens (including phenoxy) is 3. The molecule has 0 radical (unpaired) electrons. The van der Waals surface area contributed by atoms with E-state index in [2.05, 4.69) is 10.6 Å². The average molecular weight is 664 g/mol. The van der Waals surface area contributed by atoms with Crippen LogP contribution in [0.15, 0.2) is 41.3 Å². The maximum Gasteiger partial charge on any atom is 0.314 e. The standard InChI is InChI=1S/C32H42ClN3O8S/c1-4-43-31(39)32(18-23-10-11-23)19-24-12-13-26(42-3)27(17-24)44-20-30(38)34-14-16-36(15-6-9-29(37)35-21-32)45(40,41)28-8-5-7-25(33)22(28)2/h5,7-8,12-13,17,23H,4,6,9-11,14-16,18-21H2,1-3H3,(H,34,38)(H,35,37). The van der Waals surface area contributed by atoms with E-state index < -0.39 is 27.3 Å². The summed E-state index contributed by atoms with van der Waals surface area (Å²) in [5.74, 6) is -0.0702. The van der Waals surface area contributed by atoms with Crippen molar-refractivity contribution in [3.63, 3.8) is 0 Å². The third-order valence-electron chi connectivity index (χ3n) is 8.17. The number of rotatable bonds is 7. The minimum Gasteiger partial charge on any atom is -0.493 e. The minimum atomic E-state index is -4.01. The molecule has 2 aromatic rings. The number of halogens is 1. The Balaban J connectivity index is 1.64. The van der Waals surface area contributed by atoms with Crippen molar-refractivity contribution in [1.82, 2.24) is 14.9 Å². The Morgan fingerprint density at radius 3 is 2.62 bits per heavy atom. The van der Waals surface area contributed by atoms with E-state index in [9.17, 15) is 22.8 Å². The summed E-state index contributed by atoms with van der Waals surface area (Å²) >= 11 is 6.23. The van der Waals surface area contributed by atoms with Gasteiger partial charge in [0.1, 0.15) is 0 Å². The molecule has 1 heterocycles. The van der Waals surface area contributed by atoms with Crippen LogP contribution in [0.4, 0.5) is 0 Å². The summed E-state index contributed by atoms with van der Waals surface area (Å²) in [4.78, 5) is 39.5. The largest absolute Gasteiger partial charge is 0.493 e. The van der Waals surface area contributed by atoms with E-state index in [1.54, 1.807) is 38.1 Å². The number of methoxy groups -OCH3 is 1. The topological polar surface area (TPSA) is 140 Å². The Morgan fingerprint density at radius 1 is 1.13 bits per heavy atom. The molecule has 1 fully saturated rings. The van der Waals surface area contributed by atoms with Gasteiger partial charge in [-0.25, -0.2) is 8.42 Å². The number of hydrogen-bond acceptors (Lipinski definition) is 8. The number of sulfonamides is 1.